The Morgan fingerprint density at radius 1 is 1.38 bits per heavy atom. The van der Waals surface area contributed by atoms with Crippen LogP contribution >= 0.6 is 15.9 Å². The van der Waals surface area contributed by atoms with Crippen molar-refractivity contribution in [3.05, 3.63) is 35.9 Å². The van der Waals surface area contributed by atoms with Crippen molar-refractivity contribution in [1.29, 1.82) is 0 Å². The summed E-state index contributed by atoms with van der Waals surface area (Å²) >= 11 is 3.39. The molecule has 0 saturated heterocycles. The summed E-state index contributed by atoms with van der Waals surface area (Å²) < 4.78 is 0. The van der Waals surface area contributed by atoms with Crippen LogP contribution < -0.4 is 0 Å². The predicted molar refractivity (Wildman–Crippen MR) is 58.4 cm³/mol. The lowest BCUT2D eigenvalue weighted by Gasteiger charge is -2.06. The fourth-order valence-corrected chi connectivity index (χ4v) is 1.89. The number of alkyl halides is 1. The topological polar surface area (TPSA) is 17.1 Å². The van der Waals surface area contributed by atoms with Crippen LogP contribution in [0.4, 0.5) is 0 Å². The number of carbonyl (C=O) groups is 1. The van der Waals surface area contributed by atoms with E-state index >= 15 is 0 Å². The molecule has 0 aromatic heterocycles. The summed E-state index contributed by atoms with van der Waals surface area (Å²) in [5, 5.41) is 0. The standard InChI is InChI=1S/C11H13BrO/c1-2-6-10(12)11(13)9-7-4-3-5-8-9/h3-5,7-8,10H,2,6H2,1H3/t10-/m0/s1. The summed E-state index contributed by atoms with van der Waals surface area (Å²) in [6, 6.07) is 9.40. The molecular formula is C11H13BrO. The van der Waals surface area contributed by atoms with E-state index in [1.54, 1.807) is 0 Å². The van der Waals surface area contributed by atoms with Gasteiger partial charge in [-0.2, -0.15) is 0 Å². The summed E-state index contributed by atoms with van der Waals surface area (Å²) in [5.74, 6) is 0.183. The molecule has 0 radical (unpaired) electrons. The molecule has 0 bridgehead atoms. The lowest BCUT2D eigenvalue weighted by molar-refractivity contribution is 0.0988. The molecule has 0 aliphatic heterocycles. The highest BCUT2D eigenvalue weighted by Gasteiger charge is 2.14. The zero-order chi connectivity index (χ0) is 9.68. The van der Waals surface area contributed by atoms with E-state index in [9.17, 15) is 4.79 Å². The van der Waals surface area contributed by atoms with Gasteiger partial charge in [0.2, 0.25) is 0 Å². The Labute approximate surface area is 87.3 Å². The number of carbonyl (C=O) groups excluding carboxylic acids is 1. The molecule has 1 aromatic carbocycles. The third kappa shape index (κ3) is 2.96. The SMILES string of the molecule is CCC[C@H](Br)C(=O)c1ccccc1. The first-order valence-electron chi connectivity index (χ1n) is 4.49. The van der Waals surface area contributed by atoms with Crippen LogP contribution in [0.5, 0.6) is 0 Å². The Hall–Kier alpha value is -0.630. The lowest BCUT2D eigenvalue weighted by atomic mass is 10.1. The van der Waals surface area contributed by atoms with Crippen molar-refractivity contribution in [3.8, 4) is 0 Å². The Morgan fingerprint density at radius 3 is 2.54 bits per heavy atom. The van der Waals surface area contributed by atoms with Crippen molar-refractivity contribution in [2.24, 2.45) is 0 Å². The Balaban J connectivity index is 2.68. The van der Waals surface area contributed by atoms with Crippen LogP contribution in [0.1, 0.15) is 30.1 Å². The van der Waals surface area contributed by atoms with E-state index in [1.165, 1.54) is 0 Å². The molecule has 70 valence electrons. The number of hydrogen-bond donors (Lipinski definition) is 0. The second-order valence-corrected chi connectivity index (χ2v) is 4.09. The van der Waals surface area contributed by atoms with E-state index in [1.807, 2.05) is 30.3 Å². The minimum atomic E-state index is -0.0279. The number of benzene rings is 1. The maximum Gasteiger partial charge on any atom is 0.176 e. The van der Waals surface area contributed by atoms with E-state index in [2.05, 4.69) is 22.9 Å². The third-order valence-corrected chi connectivity index (χ3v) is 2.76. The van der Waals surface area contributed by atoms with Crippen LogP contribution in [0.15, 0.2) is 30.3 Å². The minimum absolute atomic E-state index is 0.0279. The first-order chi connectivity index (χ1) is 6.25. The largest absolute Gasteiger partial charge is 0.293 e. The molecule has 1 rings (SSSR count). The van der Waals surface area contributed by atoms with Gasteiger partial charge in [0, 0.05) is 5.56 Å². The van der Waals surface area contributed by atoms with E-state index in [0.29, 0.717) is 0 Å². The summed E-state index contributed by atoms with van der Waals surface area (Å²) in [6.45, 7) is 2.08. The van der Waals surface area contributed by atoms with Crippen molar-refractivity contribution < 1.29 is 4.79 Å². The third-order valence-electron chi connectivity index (χ3n) is 1.88. The summed E-state index contributed by atoms with van der Waals surface area (Å²) in [7, 11) is 0. The maximum absolute atomic E-state index is 11.7. The number of halogens is 1. The van der Waals surface area contributed by atoms with E-state index in [0.717, 1.165) is 18.4 Å². The number of rotatable bonds is 4. The maximum atomic E-state index is 11.7. The second kappa shape index (κ2) is 5.18. The molecule has 0 aliphatic rings. The van der Waals surface area contributed by atoms with E-state index in [-0.39, 0.29) is 10.6 Å². The summed E-state index contributed by atoms with van der Waals surface area (Å²) in [6.07, 6.45) is 1.92. The quantitative estimate of drug-likeness (QED) is 0.583. The average Bonchev–Trinajstić information content (AvgIpc) is 2.18. The molecule has 13 heavy (non-hydrogen) atoms. The Kier molecular flexibility index (Phi) is 4.16. The zero-order valence-corrected chi connectivity index (χ0v) is 9.25. The Morgan fingerprint density at radius 2 is 2.00 bits per heavy atom. The van der Waals surface area contributed by atoms with Crippen molar-refractivity contribution in [2.45, 2.75) is 24.6 Å². The average molecular weight is 241 g/mol. The van der Waals surface area contributed by atoms with Crippen LogP contribution in [-0.2, 0) is 0 Å². The van der Waals surface area contributed by atoms with Gasteiger partial charge < -0.3 is 0 Å². The van der Waals surface area contributed by atoms with Crippen LogP contribution in [-0.4, -0.2) is 10.6 Å². The molecule has 0 aliphatic carbocycles. The number of ketones is 1. The van der Waals surface area contributed by atoms with Crippen molar-refractivity contribution in [3.63, 3.8) is 0 Å². The van der Waals surface area contributed by atoms with Crippen LogP contribution in [0.3, 0.4) is 0 Å². The van der Waals surface area contributed by atoms with Crippen LogP contribution in [0, 0.1) is 0 Å². The molecule has 0 spiro atoms. The fraction of sp³-hybridized carbons (Fsp3) is 0.364. The van der Waals surface area contributed by atoms with Gasteiger partial charge in [0.15, 0.2) is 5.78 Å². The monoisotopic (exact) mass is 240 g/mol. The normalized spacial score (nSPS) is 12.5. The van der Waals surface area contributed by atoms with Gasteiger partial charge in [-0.05, 0) is 6.42 Å². The molecule has 0 fully saturated rings. The summed E-state index contributed by atoms with van der Waals surface area (Å²) in [5.41, 5.74) is 0.790. The van der Waals surface area contributed by atoms with E-state index < -0.39 is 0 Å². The second-order valence-electron chi connectivity index (χ2n) is 2.99. The lowest BCUT2D eigenvalue weighted by Crippen LogP contribution is -2.13. The van der Waals surface area contributed by atoms with Crippen molar-refractivity contribution >= 4 is 21.7 Å². The van der Waals surface area contributed by atoms with Gasteiger partial charge in [0.25, 0.3) is 0 Å². The highest BCUT2D eigenvalue weighted by Crippen LogP contribution is 2.14. The fourth-order valence-electron chi connectivity index (χ4n) is 1.17. The van der Waals surface area contributed by atoms with Crippen molar-refractivity contribution in [2.75, 3.05) is 0 Å². The van der Waals surface area contributed by atoms with Crippen LogP contribution in [0.25, 0.3) is 0 Å². The molecule has 0 unspecified atom stereocenters. The van der Waals surface area contributed by atoms with Gasteiger partial charge in [-0.15, -0.1) is 0 Å². The van der Waals surface area contributed by atoms with Gasteiger partial charge in [-0.3, -0.25) is 4.79 Å². The van der Waals surface area contributed by atoms with Gasteiger partial charge >= 0.3 is 0 Å². The van der Waals surface area contributed by atoms with E-state index in [4.69, 9.17) is 0 Å². The zero-order valence-electron chi connectivity index (χ0n) is 7.66. The number of Topliss-reactive ketones (excluding diaryl/α,β-unsaturated/α-hetero) is 1. The molecule has 0 N–H and O–H groups in total. The van der Waals surface area contributed by atoms with Crippen molar-refractivity contribution in [1.82, 2.24) is 0 Å². The first-order valence-corrected chi connectivity index (χ1v) is 5.40. The summed E-state index contributed by atoms with van der Waals surface area (Å²) in [4.78, 5) is 11.7. The Bertz CT molecular complexity index is 269. The molecule has 0 heterocycles. The molecule has 2 heteroatoms. The molecule has 0 amide bonds. The molecule has 1 atom stereocenters. The first kappa shape index (κ1) is 10.5. The molecule has 1 aromatic rings. The smallest absolute Gasteiger partial charge is 0.176 e. The van der Waals surface area contributed by atoms with Gasteiger partial charge in [-0.25, -0.2) is 0 Å². The highest BCUT2D eigenvalue weighted by atomic mass is 79.9. The van der Waals surface area contributed by atoms with Crippen LogP contribution in [0.2, 0.25) is 0 Å². The molecular weight excluding hydrogens is 228 g/mol. The van der Waals surface area contributed by atoms with Gasteiger partial charge in [0.05, 0.1) is 4.83 Å². The molecule has 1 nitrogen and oxygen atoms in total. The number of hydrogen-bond acceptors (Lipinski definition) is 1. The van der Waals surface area contributed by atoms with Gasteiger partial charge in [-0.1, -0.05) is 59.6 Å². The predicted octanol–water partition coefficient (Wildman–Crippen LogP) is 3.43. The van der Waals surface area contributed by atoms with Gasteiger partial charge in [0.1, 0.15) is 0 Å². The molecule has 0 saturated carbocycles. The minimum Gasteiger partial charge on any atom is -0.293 e. The highest BCUT2D eigenvalue weighted by molar-refractivity contribution is 9.10.